The molecule has 1 heterocycles. The first kappa shape index (κ1) is 23.4. The van der Waals surface area contributed by atoms with E-state index in [4.69, 9.17) is 23.2 Å². The van der Waals surface area contributed by atoms with Crippen molar-refractivity contribution in [1.82, 2.24) is 10.0 Å². The molecule has 2 saturated carbocycles. The Morgan fingerprint density at radius 2 is 1.53 bits per heavy atom. The molecule has 0 aromatic heterocycles. The van der Waals surface area contributed by atoms with E-state index in [9.17, 15) is 19.2 Å². The Bertz CT molecular complexity index is 1320. The second-order valence-corrected chi connectivity index (χ2v) is 11.2. The molecule has 8 heteroatoms. The van der Waals surface area contributed by atoms with Gasteiger partial charge in [-0.25, -0.2) is 5.01 Å². The van der Waals surface area contributed by atoms with Gasteiger partial charge < -0.3 is 0 Å². The molecule has 4 aliphatic carbocycles. The topological polar surface area (TPSA) is 74.8 Å². The number of carbonyl (C=O) groups excluding carboxylic acids is 4. The summed E-state index contributed by atoms with van der Waals surface area (Å²) in [6, 6.07) is 10.2. The molecule has 36 heavy (non-hydrogen) atoms. The monoisotopic (exact) mass is 522 g/mol. The summed E-state index contributed by atoms with van der Waals surface area (Å²) >= 11 is 12.4. The van der Waals surface area contributed by atoms with Crippen molar-refractivity contribution < 1.29 is 19.2 Å². The summed E-state index contributed by atoms with van der Waals surface area (Å²) in [5.41, 5.74) is 1.42. The van der Waals surface area contributed by atoms with Crippen molar-refractivity contribution in [2.24, 2.45) is 35.5 Å². The molecule has 1 saturated heterocycles. The summed E-state index contributed by atoms with van der Waals surface area (Å²) in [5.74, 6) is -2.12. The van der Waals surface area contributed by atoms with Crippen LogP contribution in [0.4, 0.5) is 0 Å². The van der Waals surface area contributed by atoms with Gasteiger partial charge in [-0.3, -0.25) is 19.2 Å². The number of carbonyl (C=O) groups is 4. The Hall–Kier alpha value is -2.96. The molecule has 1 aliphatic heterocycles. The molecule has 6 nitrogen and oxygen atoms in total. The second-order valence-electron chi connectivity index (χ2n) is 10.3. The van der Waals surface area contributed by atoms with Gasteiger partial charge in [0.15, 0.2) is 5.78 Å². The summed E-state index contributed by atoms with van der Waals surface area (Å²) in [6.45, 7) is 3.45. The van der Waals surface area contributed by atoms with Gasteiger partial charge in [-0.05, 0) is 62.1 Å². The predicted molar refractivity (Wildman–Crippen MR) is 134 cm³/mol. The van der Waals surface area contributed by atoms with Crippen LogP contribution >= 0.6 is 23.2 Å². The lowest BCUT2D eigenvalue weighted by molar-refractivity contribution is -0.156. The van der Waals surface area contributed by atoms with Crippen LogP contribution in [0.2, 0.25) is 10.0 Å². The van der Waals surface area contributed by atoms with Gasteiger partial charge in [0, 0.05) is 10.6 Å². The summed E-state index contributed by atoms with van der Waals surface area (Å²) in [7, 11) is 0. The van der Waals surface area contributed by atoms with E-state index in [1.54, 1.807) is 24.3 Å². The van der Waals surface area contributed by atoms with Gasteiger partial charge in [-0.2, -0.15) is 5.01 Å². The van der Waals surface area contributed by atoms with E-state index in [0.717, 1.165) is 22.0 Å². The van der Waals surface area contributed by atoms with E-state index in [0.29, 0.717) is 22.4 Å². The number of nitrogens with zero attached hydrogens (tertiary/aromatic N) is 2. The van der Waals surface area contributed by atoms with Crippen LogP contribution in [-0.4, -0.2) is 39.6 Å². The summed E-state index contributed by atoms with van der Waals surface area (Å²) in [5, 5.41) is 2.38. The maximum atomic E-state index is 13.9. The summed E-state index contributed by atoms with van der Waals surface area (Å²) < 4.78 is 0. The van der Waals surface area contributed by atoms with Crippen LogP contribution in [0.1, 0.15) is 39.6 Å². The smallest absolute Gasteiger partial charge is 0.275 e. The fraction of sp³-hybridized carbons (Fsp3) is 0.357. The average molecular weight is 523 g/mol. The average Bonchev–Trinajstić information content (AvgIpc) is 3.64. The number of Topliss-reactive ketones (excluding diaryl/α,β-unsaturated/α-hetero) is 1. The van der Waals surface area contributed by atoms with Gasteiger partial charge in [-0.15, -0.1) is 0 Å². The molecule has 0 radical (unpaired) electrons. The summed E-state index contributed by atoms with van der Waals surface area (Å²) in [6.07, 6.45) is 5.16. The summed E-state index contributed by atoms with van der Waals surface area (Å²) in [4.78, 5) is 55.2. The predicted octanol–water partition coefficient (Wildman–Crippen LogP) is 4.98. The maximum absolute atomic E-state index is 13.9. The molecule has 0 N–H and O–H groups in total. The largest absolute Gasteiger partial charge is 0.292 e. The third-order valence-corrected chi connectivity index (χ3v) is 8.85. The van der Waals surface area contributed by atoms with E-state index in [2.05, 4.69) is 12.2 Å². The van der Waals surface area contributed by atoms with Crippen molar-refractivity contribution in [2.45, 2.75) is 26.3 Å². The molecule has 2 aromatic carbocycles. The SMILES string of the molecule is Cc1ccc(C(=O)[C@H](C)N(C(=O)c2ccc(Cl)cc2Cl)N2C(=O)[C@@H]3[C@H]4C=C[C@@H]([C@@H]5C[C@@H]45)[C@@H]3C2=O)cc1. The molecule has 7 atom stereocenters. The van der Waals surface area contributed by atoms with Crippen molar-refractivity contribution in [3.63, 3.8) is 0 Å². The van der Waals surface area contributed by atoms with E-state index in [1.807, 2.05) is 6.92 Å². The molecule has 7 rings (SSSR count). The first-order valence-corrected chi connectivity index (χ1v) is 12.9. The van der Waals surface area contributed by atoms with E-state index in [-0.39, 0.29) is 28.2 Å². The number of hydrogen-bond acceptors (Lipinski definition) is 4. The molecule has 0 spiro atoms. The molecular formula is C28H24Cl2N2O4. The van der Waals surface area contributed by atoms with Crippen LogP contribution in [0, 0.1) is 42.4 Å². The third-order valence-electron chi connectivity index (χ3n) is 8.31. The number of ketones is 1. The molecule has 3 fully saturated rings. The van der Waals surface area contributed by atoms with E-state index in [1.165, 1.54) is 25.1 Å². The van der Waals surface area contributed by atoms with E-state index >= 15 is 0 Å². The Morgan fingerprint density at radius 1 is 0.944 bits per heavy atom. The van der Waals surface area contributed by atoms with Crippen LogP contribution in [0.5, 0.6) is 0 Å². The standard InChI is InChI=1S/C28H24Cl2N2O4/c1-13-3-5-15(6-4-13)25(33)14(2)31(26(34)19-8-7-16(29)11-22(19)30)32-27(35)23-17-9-10-18(21-12-20(17)21)24(23)28(32)36/h3-11,14,17-18,20-21,23-24H,12H2,1-2H3/t14-,17-,18-,20-,21-,23-,24+/m0/s1. The van der Waals surface area contributed by atoms with Crippen LogP contribution in [-0.2, 0) is 9.59 Å². The van der Waals surface area contributed by atoms with Gasteiger partial charge in [0.1, 0.15) is 6.04 Å². The molecule has 0 unspecified atom stereocenters. The van der Waals surface area contributed by atoms with Gasteiger partial charge in [-0.1, -0.05) is 65.2 Å². The van der Waals surface area contributed by atoms with Crippen molar-refractivity contribution in [1.29, 1.82) is 0 Å². The van der Waals surface area contributed by atoms with Crippen LogP contribution in [0.25, 0.3) is 0 Å². The van der Waals surface area contributed by atoms with Crippen LogP contribution < -0.4 is 0 Å². The molecule has 184 valence electrons. The van der Waals surface area contributed by atoms with Crippen molar-refractivity contribution in [3.8, 4) is 0 Å². The van der Waals surface area contributed by atoms with Gasteiger partial charge in [0.25, 0.3) is 17.7 Å². The highest BCUT2D eigenvalue weighted by Gasteiger charge is 2.68. The Balaban J connectivity index is 1.42. The lowest BCUT2D eigenvalue weighted by atomic mass is 9.63. The highest BCUT2D eigenvalue weighted by molar-refractivity contribution is 6.36. The number of hydrogen-bond donors (Lipinski definition) is 0. The van der Waals surface area contributed by atoms with E-state index < -0.39 is 35.6 Å². The quantitative estimate of drug-likeness (QED) is 0.315. The number of halogens is 2. The Kier molecular flexibility index (Phi) is 5.39. The Morgan fingerprint density at radius 3 is 2.08 bits per heavy atom. The van der Waals surface area contributed by atoms with Crippen molar-refractivity contribution in [2.75, 3.05) is 0 Å². The number of hydrazine groups is 1. The van der Waals surface area contributed by atoms with Gasteiger partial charge in [0.05, 0.1) is 22.4 Å². The number of imide groups is 1. The number of rotatable bonds is 5. The van der Waals surface area contributed by atoms with Crippen LogP contribution in [0.3, 0.4) is 0 Å². The third kappa shape index (κ3) is 3.38. The number of aryl methyl sites for hydroxylation is 1. The number of benzene rings is 2. The maximum Gasteiger partial charge on any atom is 0.275 e. The molecule has 3 amide bonds. The molecular weight excluding hydrogens is 499 g/mol. The normalized spacial score (nSPS) is 30.2. The minimum atomic E-state index is -1.12. The lowest BCUT2D eigenvalue weighted by Crippen LogP contribution is -2.56. The zero-order valence-electron chi connectivity index (χ0n) is 19.7. The first-order valence-electron chi connectivity index (χ1n) is 12.1. The van der Waals surface area contributed by atoms with Crippen molar-refractivity contribution in [3.05, 3.63) is 81.4 Å². The zero-order valence-corrected chi connectivity index (χ0v) is 21.2. The molecule has 2 aromatic rings. The van der Waals surface area contributed by atoms with Gasteiger partial charge in [0.2, 0.25) is 0 Å². The first-order chi connectivity index (χ1) is 17.2. The van der Waals surface area contributed by atoms with Crippen LogP contribution in [0.15, 0.2) is 54.6 Å². The highest BCUT2D eigenvalue weighted by atomic mass is 35.5. The molecule has 2 bridgehead atoms. The van der Waals surface area contributed by atoms with Gasteiger partial charge >= 0.3 is 0 Å². The van der Waals surface area contributed by atoms with Crippen molar-refractivity contribution >= 4 is 46.7 Å². The fourth-order valence-electron chi connectivity index (χ4n) is 6.45. The lowest BCUT2D eigenvalue weighted by Gasteiger charge is -2.37. The minimum Gasteiger partial charge on any atom is -0.292 e. The number of amides is 3. The molecule has 5 aliphatic rings. The fourth-order valence-corrected chi connectivity index (χ4v) is 6.94. The Labute approximate surface area is 218 Å². The number of allylic oxidation sites excluding steroid dienone is 2. The second kappa shape index (κ2) is 8.29. The zero-order chi connectivity index (χ0) is 25.5. The highest BCUT2D eigenvalue weighted by Crippen LogP contribution is 2.65. The minimum absolute atomic E-state index is 0.00868.